The maximum absolute atomic E-state index is 6.01. The van der Waals surface area contributed by atoms with Crippen molar-refractivity contribution in [1.82, 2.24) is 4.90 Å². The number of likely N-dealkylation sites (tertiary alicyclic amines) is 1. The van der Waals surface area contributed by atoms with Crippen LogP contribution in [-0.2, 0) is 0 Å². The van der Waals surface area contributed by atoms with Gasteiger partial charge < -0.3 is 10.6 Å². The molecular formula is C10H24Cl2N2. The van der Waals surface area contributed by atoms with Crippen LogP contribution in [0.15, 0.2) is 0 Å². The minimum Gasteiger partial charge on any atom is -0.326 e. The highest BCUT2D eigenvalue weighted by Crippen LogP contribution is 2.10. The Morgan fingerprint density at radius 1 is 1.07 bits per heavy atom. The maximum atomic E-state index is 6.01. The van der Waals surface area contributed by atoms with Crippen molar-refractivity contribution in [2.45, 2.75) is 39.2 Å². The first-order chi connectivity index (χ1) is 5.70. The number of rotatable bonds is 3. The smallest absolute Gasteiger partial charge is 0.0191 e. The molecular weight excluding hydrogens is 219 g/mol. The third-order valence-electron chi connectivity index (χ3n) is 2.77. The predicted octanol–water partition coefficient (Wildman–Crippen LogP) is 2.30. The van der Waals surface area contributed by atoms with Crippen molar-refractivity contribution in [3.8, 4) is 0 Å². The van der Waals surface area contributed by atoms with E-state index in [4.69, 9.17) is 5.73 Å². The second-order valence-electron chi connectivity index (χ2n) is 4.27. The summed E-state index contributed by atoms with van der Waals surface area (Å²) in [5.74, 6) is 0.618. The average Bonchev–Trinajstić information content (AvgIpc) is 2.06. The molecule has 14 heavy (non-hydrogen) atoms. The summed E-state index contributed by atoms with van der Waals surface area (Å²) < 4.78 is 0. The number of nitrogens with two attached hydrogens (primary N) is 1. The molecule has 1 aliphatic heterocycles. The van der Waals surface area contributed by atoms with E-state index in [0.717, 1.165) is 6.54 Å². The Bertz CT molecular complexity index is 125. The van der Waals surface area contributed by atoms with E-state index in [9.17, 15) is 0 Å². The standard InChI is InChI=1S/C10H22N2.2ClH/c1-9(2)10(11)8-12-6-4-3-5-7-12;;/h9-10H,3-8,11H2,1-2H3;2*1H/t10-;;/m0../s1. The summed E-state index contributed by atoms with van der Waals surface area (Å²) in [4.78, 5) is 2.51. The molecule has 1 aliphatic rings. The molecule has 88 valence electrons. The van der Waals surface area contributed by atoms with Crippen LogP contribution in [0, 0.1) is 5.92 Å². The van der Waals surface area contributed by atoms with Crippen molar-refractivity contribution < 1.29 is 0 Å². The van der Waals surface area contributed by atoms with Crippen LogP contribution in [0.1, 0.15) is 33.1 Å². The van der Waals surface area contributed by atoms with Crippen LogP contribution in [0.4, 0.5) is 0 Å². The molecule has 0 radical (unpaired) electrons. The monoisotopic (exact) mass is 242 g/mol. The van der Waals surface area contributed by atoms with E-state index in [0.29, 0.717) is 12.0 Å². The highest BCUT2D eigenvalue weighted by atomic mass is 35.5. The van der Waals surface area contributed by atoms with Gasteiger partial charge in [0.25, 0.3) is 0 Å². The van der Waals surface area contributed by atoms with Crippen LogP contribution in [0.5, 0.6) is 0 Å². The van der Waals surface area contributed by atoms with Crippen molar-refractivity contribution in [3.05, 3.63) is 0 Å². The first-order valence-electron chi connectivity index (χ1n) is 5.18. The summed E-state index contributed by atoms with van der Waals surface area (Å²) in [6, 6.07) is 0.364. The quantitative estimate of drug-likeness (QED) is 0.824. The van der Waals surface area contributed by atoms with E-state index < -0.39 is 0 Å². The summed E-state index contributed by atoms with van der Waals surface area (Å²) in [7, 11) is 0. The van der Waals surface area contributed by atoms with Gasteiger partial charge in [-0.15, -0.1) is 24.8 Å². The summed E-state index contributed by atoms with van der Waals surface area (Å²) in [5.41, 5.74) is 6.01. The Morgan fingerprint density at radius 3 is 2.00 bits per heavy atom. The summed E-state index contributed by atoms with van der Waals surface area (Å²) in [6.07, 6.45) is 4.14. The van der Waals surface area contributed by atoms with Crippen molar-refractivity contribution >= 4 is 24.8 Å². The molecule has 0 saturated carbocycles. The van der Waals surface area contributed by atoms with E-state index in [1.165, 1.54) is 32.4 Å². The third kappa shape index (κ3) is 6.07. The van der Waals surface area contributed by atoms with E-state index in [1.54, 1.807) is 0 Å². The number of piperidine rings is 1. The second-order valence-corrected chi connectivity index (χ2v) is 4.27. The van der Waals surface area contributed by atoms with Crippen LogP contribution in [0.2, 0.25) is 0 Å². The SMILES string of the molecule is CC(C)[C@@H](N)CN1CCCCC1.Cl.Cl. The first kappa shape index (κ1) is 16.9. The molecule has 0 amide bonds. The second kappa shape index (κ2) is 8.78. The highest BCUT2D eigenvalue weighted by Gasteiger charge is 2.15. The van der Waals surface area contributed by atoms with Gasteiger partial charge >= 0.3 is 0 Å². The third-order valence-corrected chi connectivity index (χ3v) is 2.77. The number of halogens is 2. The van der Waals surface area contributed by atoms with Crippen LogP contribution in [0.3, 0.4) is 0 Å². The van der Waals surface area contributed by atoms with Crippen molar-refractivity contribution in [3.63, 3.8) is 0 Å². The minimum atomic E-state index is 0. The fourth-order valence-corrected chi connectivity index (χ4v) is 1.65. The van der Waals surface area contributed by atoms with E-state index in [2.05, 4.69) is 18.7 Å². The van der Waals surface area contributed by atoms with Crippen molar-refractivity contribution in [1.29, 1.82) is 0 Å². The molecule has 0 aromatic carbocycles. The molecule has 1 saturated heterocycles. The Balaban J connectivity index is 0. The van der Waals surface area contributed by atoms with Gasteiger partial charge in [0, 0.05) is 12.6 Å². The summed E-state index contributed by atoms with van der Waals surface area (Å²) in [5, 5.41) is 0. The lowest BCUT2D eigenvalue weighted by atomic mass is 10.0. The molecule has 0 aliphatic carbocycles. The average molecular weight is 243 g/mol. The Kier molecular flexibility index (Phi) is 10.6. The fraction of sp³-hybridized carbons (Fsp3) is 1.00. The molecule has 0 aromatic rings. The van der Waals surface area contributed by atoms with Crippen LogP contribution >= 0.6 is 24.8 Å². The topological polar surface area (TPSA) is 29.3 Å². The molecule has 0 aromatic heterocycles. The van der Waals surface area contributed by atoms with Gasteiger partial charge in [-0.2, -0.15) is 0 Å². The maximum Gasteiger partial charge on any atom is 0.0191 e. The van der Waals surface area contributed by atoms with E-state index in [1.807, 2.05) is 0 Å². The largest absolute Gasteiger partial charge is 0.326 e. The fourth-order valence-electron chi connectivity index (χ4n) is 1.65. The first-order valence-corrected chi connectivity index (χ1v) is 5.18. The van der Waals surface area contributed by atoms with Gasteiger partial charge in [0.15, 0.2) is 0 Å². The van der Waals surface area contributed by atoms with Gasteiger partial charge in [0.2, 0.25) is 0 Å². The van der Waals surface area contributed by atoms with E-state index in [-0.39, 0.29) is 24.8 Å². The van der Waals surface area contributed by atoms with Crippen molar-refractivity contribution in [2.75, 3.05) is 19.6 Å². The Labute approximate surface area is 100 Å². The molecule has 1 fully saturated rings. The van der Waals surface area contributed by atoms with Gasteiger partial charge in [-0.05, 0) is 31.8 Å². The summed E-state index contributed by atoms with van der Waals surface area (Å²) >= 11 is 0. The van der Waals surface area contributed by atoms with E-state index >= 15 is 0 Å². The van der Waals surface area contributed by atoms with Crippen LogP contribution in [0.25, 0.3) is 0 Å². The zero-order valence-corrected chi connectivity index (χ0v) is 10.9. The molecule has 1 atom stereocenters. The highest BCUT2D eigenvalue weighted by molar-refractivity contribution is 5.85. The lowest BCUT2D eigenvalue weighted by Crippen LogP contribution is -2.42. The van der Waals surface area contributed by atoms with Gasteiger partial charge in [-0.25, -0.2) is 0 Å². The Morgan fingerprint density at radius 2 is 1.57 bits per heavy atom. The van der Waals surface area contributed by atoms with Crippen molar-refractivity contribution in [2.24, 2.45) is 11.7 Å². The molecule has 1 heterocycles. The van der Waals surface area contributed by atoms with Gasteiger partial charge in [-0.3, -0.25) is 0 Å². The predicted molar refractivity (Wildman–Crippen MR) is 67.6 cm³/mol. The zero-order valence-electron chi connectivity index (χ0n) is 9.24. The molecule has 2 nitrogen and oxygen atoms in total. The molecule has 2 N–H and O–H groups in total. The van der Waals surface area contributed by atoms with Crippen LogP contribution in [-0.4, -0.2) is 30.6 Å². The van der Waals surface area contributed by atoms with Gasteiger partial charge in [-0.1, -0.05) is 20.3 Å². The summed E-state index contributed by atoms with van der Waals surface area (Å²) in [6.45, 7) is 8.03. The molecule has 0 spiro atoms. The minimum absolute atomic E-state index is 0. The lowest BCUT2D eigenvalue weighted by Gasteiger charge is -2.30. The number of hydrogen-bond acceptors (Lipinski definition) is 2. The van der Waals surface area contributed by atoms with Gasteiger partial charge in [0.05, 0.1) is 0 Å². The Hall–Kier alpha value is 0.500. The number of hydrogen-bond donors (Lipinski definition) is 1. The molecule has 0 bridgehead atoms. The van der Waals surface area contributed by atoms with Crippen LogP contribution < -0.4 is 5.73 Å². The zero-order chi connectivity index (χ0) is 8.97. The number of nitrogens with zero attached hydrogens (tertiary/aromatic N) is 1. The molecule has 4 heteroatoms. The molecule has 0 unspecified atom stereocenters. The molecule has 1 rings (SSSR count). The lowest BCUT2D eigenvalue weighted by molar-refractivity contribution is 0.202. The van der Waals surface area contributed by atoms with Gasteiger partial charge in [0.1, 0.15) is 0 Å². The normalized spacial score (nSPS) is 19.7.